The summed E-state index contributed by atoms with van der Waals surface area (Å²) in [4.78, 5) is 13.3. The largest absolute Gasteiger partial charge is 0.370 e. The Kier molecular flexibility index (Phi) is 2.26. The molecule has 0 spiro atoms. The molecule has 0 radical (unpaired) electrons. The Balaban J connectivity index is 2.13. The molecule has 0 saturated carbocycles. The summed E-state index contributed by atoms with van der Waals surface area (Å²) >= 11 is 0. The summed E-state index contributed by atoms with van der Waals surface area (Å²) in [6.45, 7) is 2.10. The van der Waals surface area contributed by atoms with Crippen LogP contribution in [0.15, 0.2) is 11.2 Å². The average molecular weight is 194 g/mol. The molecule has 1 aromatic rings. The standard InChI is InChI=1S/C8H14N6/c9-7(10)12-6-5-11-8(13-6)14-3-1-2-4-14/h5H,1-4H2,(H,11,13)(H4,9,10,12). The Bertz CT molecular complexity index is 331. The molecule has 0 aliphatic carbocycles. The minimum Gasteiger partial charge on any atom is -0.370 e. The van der Waals surface area contributed by atoms with Gasteiger partial charge in [0.2, 0.25) is 5.95 Å². The zero-order valence-electron chi connectivity index (χ0n) is 7.90. The summed E-state index contributed by atoms with van der Waals surface area (Å²) in [5.41, 5.74) is 10.5. The van der Waals surface area contributed by atoms with Crippen LogP contribution in [-0.2, 0) is 0 Å². The summed E-state index contributed by atoms with van der Waals surface area (Å²) in [5.74, 6) is 1.42. The van der Waals surface area contributed by atoms with Crippen molar-refractivity contribution in [1.29, 1.82) is 0 Å². The van der Waals surface area contributed by atoms with Crippen molar-refractivity contribution in [2.45, 2.75) is 12.8 Å². The van der Waals surface area contributed by atoms with E-state index in [2.05, 4.69) is 19.9 Å². The van der Waals surface area contributed by atoms with Crippen molar-refractivity contribution in [2.75, 3.05) is 18.0 Å². The molecule has 1 aliphatic heterocycles. The predicted octanol–water partition coefficient (Wildman–Crippen LogP) is -0.0852. The first-order chi connectivity index (χ1) is 6.75. The molecule has 2 rings (SSSR count). The molecule has 0 aromatic carbocycles. The molecular weight excluding hydrogens is 180 g/mol. The van der Waals surface area contributed by atoms with Gasteiger partial charge in [0.05, 0.1) is 0 Å². The lowest BCUT2D eigenvalue weighted by atomic mass is 10.4. The normalized spacial score (nSPS) is 15.9. The molecule has 6 heteroatoms. The van der Waals surface area contributed by atoms with Gasteiger partial charge in [0.15, 0.2) is 11.8 Å². The van der Waals surface area contributed by atoms with E-state index in [-0.39, 0.29) is 5.96 Å². The van der Waals surface area contributed by atoms with Crippen LogP contribution in [0.2, 0.25) is 0 Å². The van der Waals surface area contributed by atoms with Crippen LogP contribution in [0, 0.1) is 0 Å². The third-order valence-electron chi connectivity index (χ3n) is 2.20. The summed E-state index contributed by atoms with van der Waals surface area (Å²) < 4.78 is 0. The summed E-state index contributed by atoms with van der Waals surface area (Å²) in [5, 5.41) is 0. The van der Waals surface area contributed by atoms with Crippen molar-refractivity contribution >= 4 is 17.7 Å². The van der Waals surface area contributed by atoms with Gasteiger partial charge in [0.25, 0.3) is 0 Å². The van der Waals surface area contributed by atoms with Crippen LogP contribution >= 0.6 is 0 Å². The molecular formula is C8H14N6. The monoisotopic (exact) mass is 194 g/mol. The van der Waals surface area contributed by atoms with Crippen molar-refractivity contribution in [3.05, 3.63) is 6.20 Å². The molecule has 0 bridgehead atoms. The van der Waals surface area contributed by atoms with E-state index in [1.54, 1.807) is 6.20 Å². The van der Waals surface area contributed by atoms with Gasteiger partial charge in [0, 0.05) is 19.3 Å². The van der Waals surface area contributed by atoms with Gasteiger partial charge in [-0.3, -0.25) is 0 Å². The van der Waals surface area contributed by atoms with Gasteiger partial charge in [-0.25, -0.2) is 0 Å². The molecule has 6 nitrogen and oxygen atoms in total. The smallest absolute Gasteiger partial charge is 0.204 e. The quantitative estimate of drug-likeness (QED) is 0.453. The van der Waals surface area contributed by atoms with Crippen molar-refractivity contribution in [2.24, 2.45) is 16.5 Å². The number of aliphatic imine (C=N–C) groups is 1. The third kappa shape index (κ3) is 1.78. The van der Waals surface area contributed by atoms with E-state index in [9.17, 15) is 0 Å². The molecule has 1 fully saturated rings. The Hall–Kier alpha value is -1.72. The second kappa shape index (κ2) is 3.57. The number of hydrogen-bond donors (Lipinski definition) is 3. The maximum atomic E-state index is 5.25. The lowest BCUT2D eigenvalue weighted by Crippen LogP contribution is -2.22. The van der Waals surface area contributed by atoms with Crippen LogP contribution in [0.5, 0.6) is 0 Å². The maximum absolute atomic E-state index is 5.25. The van der Waals surface area contributed by atoms with E-state index in [1.165, 1.54) is 12.8 Å². The van der Waals surface area contributed by atoms with E-state index in [4.69, 9.17) is 11.5 Å². The maximum Gasteiger partial charge on any atom is 0.204 e. The molecule has 1 aromatic heterocycles. The highest BCUT2D eigenvalue weighted by Crippen LogP contribution is 2.19. The number of H-pyrrole nitrogens is 1. The average Bonchev–Trinajstić information content (AvgIpc) is 2.69. The van der Waals surface area contributed by atoms with E-state index in [0.29, 0.717) is 5.82 Å². The predicted molar refractivity (Wildman–Crippen MR) is 55.5 cm³/mol. The number of imidazole rings is 1. The van der Waals surface area contributed by atoms with Gasteiger partial charge in [-0.2, -0.15) is 9.98 Å². The first-order valence-corrected chi connectivity index (χ1v) is 4.66. The van der Waals surface area contributed by atoms with Gasteiger partial charge < -0.3 is 21.4 Å². The second-order valence-corrected chi connectivity index (χ2v) is 3.31. The Morgan fingerprint density at radius 3 is 2.79 bits per heavy atom. The molecule has 0 amide bonds. The zero-order chi connectivity index (χ0) is 9.97. The number of nitrogens with one attached hydrogen (secondary N) is 1. The summed E-state index contributed by atoms with van der Waals surface area (Å²) in [6, 6.07) is 0. The van der Waals surface area contributed by atoms with Crippen LogP contribution in [0.3, 0.4) is 0 Å². The van der Waals surface area contributed by atoms with E-state index in [0.717, 1.165) is 19.0 Å². The number of aromatic amines is 1. The third-order valence-corrected chi connectivity index (χ3v) is 2.20. The highest BCUT2D eigenvalue weighted by atomic mass is 15.3. The highest BCUT2D eigenvalue weighted by Gasteiger charge is 2.14. The van der Waals surface area contributed by atoms with E-state index < -0.39 is 0 Å². The van der Waals surface area contributed by atoms with Gasteiger partial charge >= 0.3 is 0 Å². The minimum absolute atomic E-state index is 0.0319. The highest BCUT2D eigenvalue weighted by molar-refractivity contribution is 5.78. The van der Waals surface area contributed by atoms with Crippen LogP contribution in [0.1, 0.15) is 12.8 Å². The SMILES string of the molecule is NC(N)=Nc1c[nH]c(N2CCCC2)n1. The number of anilines is 1. The van der Waals surface area contributed by atoms with Crippen molar-refractivity contribution in [3.63, 3.8) is 0 Å². The van der Waals surface area contributed by atoms with Crippen LogP contribution in [0.4, 0.5) is 11.8 Å². The number of hydrogen-bond acceptors (Lipinski definition) is 3. The van der Waals surface area contributed by atoms with Gasteiger partial charge in [-0.1, -0.05) is 0 Å². The molecule has 5 N–H and O–H groups in total. The Morgan fingerprint density at radius 2 is 2.14 bits per heavy atom. The molecule has 2 heterocycles. The Labute approximate surface area is 82.0 Å². The lowest BCUT2D eigenvalue weighted by Gasteiger charge is -2.12. The van der Waals surface area contributed by atoms with E-state index in [1.807, 2.05) is 0 Å². The minimum atomic E-state index is 0.0319. The summed E-state index contributed by atoms with van der Waals surface area (Å²) in [7, 11) is 0. The molecule has 14 heavy (non-hydrogen) atoms. The first-order valence-electron chi connectivity index (χ1n) is 4.66. The number of rotatable bonds is 2. The fraction of sp³-hybridized carbons (Fsp3) is 0.500. The Morgan fingerprint density at radius 1 is 1.43 bits per heavy atom. The number of guanidine groups is 1. The van der Waals surface area contributed by atoms with Gasteiger partial charge in [0.1, 0.15) is 0 Å². The van der Waals surface area contributed by atoms with Crippen LogP contribution in [0.25, 0.3) is 0 Å². The fourth-order valence-electron chi connectivity index (χ4n) is 1.58. The van der Waals surface area contributed by atoms with Gasteiger partial charge in [-0.05, 0) is 12.8 Å². The van der Waals surface area contributed by atoms with E-state index >= 15 is 0 Å². The first kappa shape index (κ1) is 8.86. The summed E-state index contributed by atoms with van der Waals surface area (Å²) in [6.07, 6.45) is 4.14. The van der Waals surface area contributed by atoms with Crippen LogP contribution < -0.4 is 16.4 Å². The number of aromatic nitrogens is 2. The topological polar surface area (TPSA) is 96.3 Å². The molecule has 76 valence electrons. The molecule has 1 saturated heterocycles. The zero-order valence-corrected chi connectivity index (χ0v) is 7.90. The molecule has 0 atom stereocenters. The molecule has 1 aliphatic rings. The van der Waals surface area contributed by atoms with Crippen molar-refractivity contribution in [1.82, 2.24) is 9.97 Å². The van der Waals surface area contributed by atoms with Gasteiger partial charge in [-0.15, -0.1) is 0 Å². The van der Waals surface area contributed by atoms with Crippen molar-refractivity contribution in [3.8, 4) is 0 Å². The van der Waals surface area contributed by atoms with Crippen molar-refractivity contribution < 1.29 is 0 Å². The van der Waals surface area contributed by atoms with Crippen LogP contribution in [-0.4, -0.2) is 29.0 Å². The molecule has 0 unspecified atom stereocenters. The fourth-order valence-corrected chi connectivity index (χ4v) is 1.58. The lowest BCUT2D eigenvalue weighted by molar-refractivity contribution is 0.918. The number of nitrogens with zero attached hydrogens (tertiary/aromatic N) is 3. The second-order valence-electron chi connectivity index (χ2n) is 3.31. The number of nitrogens with two attached hydrogens (primary N) is 2.